The number of fused-ring (bicyclic) bond motifs is 1. The first-order valence-corrected chi connectivity index (χ1v) is 5.89. The van der Waals surface area contributed by atoms with E-state index >= 15 is 0 Å². The van der Waals surface area contributed by atoms with Gasteiger partial charge in [0.25, 0.3) is 0 Å². The van der Waals surface area contributed by atoms with Crippen molar-refractivity contribution < 1.29 is 0 Å². The summed E-state index contributed by atoms with van der Waals surface area (Å²) in [4.78, 5) is 7.36. The van der Waals surface area contributed by atoms with E-state index < -0.39 is 0 Å². The van der Waals surface area contributed by atoms with Gasteiger partial charge in [0.05, 0.1) is 23.0 Å². The molecule has 1 fully saturated rings. The fourth-order valence-corrected chi connectivity index (χ4v) is 2.27. The Morgan fingerprint density at radius 2 is 2.18 bits per heavy atom. The Hall–Kier alpha value is -2.10. The predicted molar refractivity (Wildman–Crippen MR) is 65.2 cm³/mol. The van der Waals surface area contributed by atoms with Crippen LogP contribution in [0.2, 0.25) is 0 Å². The Balaban J connectivity index is 1.88. The molecular weight excluding hydrogens is 212 g/mol. The van der Waals surface area contributed by atoms with Crippen LogP contribution < -0.4 is 0 Å². The molecule has 1 saturated carbocycles. The van der Waals surface area contributed by atoms with Crippen molar-refractivity contribution in [2.45, 2.75) is 18.8 Å². The third-order valence-corrected chi connectivity index (χ3v) is 3.32. The molecule has 0 unspecified atom stereocenters. The second kappa shape index (κ2) is 3.20. The molecule has 0 atom stereocenters. The third kappa shape index (κ3) is 1.37. The predicted octanol–water partition coefficient (Wildman–Crippen LogP) is 2.63. The topological polar surface area (TPSA) is 46.5 Å². The maximum Gasteiger partial charge on any atom is 0.0931 e. The Bertz CT molecular complexity index is 675. The van der Waals surface area contributed by atoms with Gasteiger partial charge in [-0.15, -0.1) is 0 Å². The number of imidazole rings is 1. The van der Waals surface area contributed by atoms with Crippen molar-refractivity contribution in [1.82, 2.24) is 19.7 Å². The van der Waals surface area contributed by atoms with Crippen molar-refractivity contribution in [2.24, 2.45) is 0 Å². The van der Waals surface area contributed by atoms with Gasteiger partial charge in [0.2, 0.25) is 0 Å². The molecule has 1 aromatic carbocycles. The Morgan fingerprint density at radius 3 is 3.06 bits per heavy atom. The number of aromatic amines is 1. The highest BCUT2D eigenvalue weighted by Gasteiger charge is 2.27. The highest BCUT2D eigenvalue weighted by atomic mass is 15.3. The zero-order valence-corrected chi connectivity index (χ0v) is 9.30. The molecule has 2 aromatic heterocycles. The smallest absolute Gasteiger partial charge is 0.0931 e. The molecule has 0 saturated heterocycles. The quantitative estimate of drug-likeness (QED) is 0.727. The van der Waals surface area contributed by atoms with Crippen molar-refractivity contribution in [1.29, 1.82) is 0 Å². The third-order valence-electron chi connectivity index (χ3n) is 3.32. The fourth-order valence-electron chi connectivity index (χ4n) is 2.27. The van der Waals surface area contributed by atoms with Gasteiger partial charge in [-0.25, -0.2) is 9.67 Å². The summed E-state index contributed by atoms with van der Waals surface area (Å²) in [5, 5.41) is 4.42. The van der Waals surface area contributed by atoms with Crippen LogP contribution in [0.1, 0.15) is 24.5 Å². The number of aromatic nitrogens is 4. The summed E-state index contributed by atoms with van der Waals surface area (Å²) in [5.74, 6) is 0.704. The number of hydrogen-bond donors (Lipinski definition) is 1. The van der Waals surface area contributed by atoms with Crippen molar-refractivity contribution in [3.63, 3.8) is 0 Å². The second-order valence-electron chi connectivity index (χ2n) is 4.55. The maximum atomic E-state index is 4.42. The van der Waals surface area contributed by atoms with Crippen molar-refractivity contribution in [2.75, 3.05) is 0 Å². The fraction of sp³-hybridized carbons (Fsp3) is 0.231. The highest BCUT2D eigenvalue weighted by Crippen LogP contribution is 2.40. The molecule has 0 amide bonds. The number of H-pyrrole nitrogens is 1. The Labute approximate surface area is 98.3 Å². The average molecular weight is 224 g/mol. The van der Waals surface area contributed by atoms with Crippen LogP contribution in [-0.2, 0) is 0 Å². The van der Waals surface area contributed by atoms with E-state index in [4.69, 9.17) is 0 Å². The van der Waals surface area contributed by atoms with Gasteiger partial charge < -0.3 is 4.98 Å². The largest absolute Gasteiger partial charge is 0.345 e. The molecular formula is C13H12N4. The molecule has 4 nitrogen and oxygen atoms in total. The summed E-state index contributed by atoms with van der Waals surface area (Å²) in [6, 6.07) is 8.32. The molecule has 0 radical (unpaired) electrons. The van der Waals surface area contributed by atoms with E-state index in [1.165, 1.54) is 18.5 Å². The summed E-state index contributed by atoms with van der Waals surface area (Å²) in [6.07, 6.45) is 6.18. The van der Waals surface area contributed by atoms with Crippen molar-refractivity contribution in [3.05, 3.63) is 42.5 Å². The SMILES string of the molecule is c1cc(C2CC2)n(-c2ccc3nc[nH]c3c2)n1. The first-order valence-electron chi connectivity index (χ1n) is 5.89. The molecule has 4 rings (SSSR count). The lowest BCUT2D eigenvalue weighted by Crippen LogP contribution is -2.00. The molecule has 0 aliphatic heterocycles. The number of benzene rings is 1. The van der Waals surface area contributed by atoms with Crippen LogP contribution >= 0.6 is 0 Å². The molecule has 84 valence electrons. The zero-order valence-electron chi connectivity index (χ0n) is 9.30. The molecule has 1 N–H and O–H groups in total. The van der Waals surface area contributed by atoms with E-state index in [0.29, 0.717) is 5.92 Å². The molecule has 0 bridgehead atoms. The molecule has 17 heavy (non-hydrogen) atoms. The average Bonchev–Trinajstić information content (AvgIpc) is 2.93. The molecule has 4 heteroatoms. The van der Waals surface area contributed by atoms with Crippen LogP contribution in [0.3, 0.4) is 0 Å². The lowest BCUT2D eigenvalue weighted by atomic mass is 10.2. The lowest BCUT2D eigenvalue weighted by molar-refractivity contribution is 0.809. The minimum Gasteiger partial charge on any atom is -0.345 e. The monoisotopic (exact) mass is 224 g/mol. The maximum absolute atomic E-state index is 4.42. The minimum absolute atomic E-state index is 0.704. The summed E-state index contributed by atoms with van der Waals surface area (Å²) in [5.41, 5.74) is 4.48. The second-order valence-corrected chi connectivity index (χ2v) is 4.55. The van der Waals surface area contributed by atoms with Gasteiger partial charge in [0, 0.05) is 17.8 Å². The Kier molecular flexibility index (Phi) is 1.69. The standard InChI is InChI=1S/C13H12N4/c1-2-9(1)13-5-6-16-17(13)10-3-4-11-12(7-10)15-8-14-11/h3-9H,1-2H2,(H,14,15). The van der Waals surface area contributed by atoms with Gasteiger partial charge in [-0.05, 0) is 37.1 Å². The number of hydrogen-bond acceptors (Lipinski definition) is 2. The van der Waals surface area contributed by atoms with Gasteiger partial charge in [-0.2, -0.15) is 5.10 Å². The lowest BCUT2D eigenvalue weighted by Gasteiger charge is -2.06. The molecule has 3 aromatic rings. The van der Waals surface area contributed by atoms with Crippen LogP contribution in [0.5, 0.6) is 0 Å². The number of nitrogens with one attached hydrogen (secondary N) is 1. The van der Waals surface area contributed by atoms with E-state index in [9.17, 15) is 0 Å². The first-order chi connectivity index (χ1) is 8.42. The van der Waals surface area contributed by atoms with Crippen LogP contribution in [0.4, 0.5) is 0 Å². The van der Waals surface area contributed by atoms with Gasteiger partial charge in [0.1, 0.15) is 0 Å². The zero-order chi connectivity index (χ0) is 11.2. The van der Waals surface area contributed by atoms with Crippen molar-refractivity contribution >= 4 is 11.0 Å². The van der Waals surface area contributed by atoms with Gasteiger partial charge in [0.15, 0.2) is 0 Å². The molecule has 2 heterocycles. The first kappa shape index (κ1) is 8.98. The number of nitrogens with zero attached hydrogens (tertiary/aromatic N) is 3. The van der Waals surface area contributed by atoms with E-state index in [1.807, 2.05) is 16.9 Å². The number of rotatable bonds is 2. The summed E-state index contributed by atoms with van der Waals surface area (Å²) in [6.45, 7) is 0. The summed E-state index contributed by atoms with van der Waals surface area (Å²) < 4.78 is 2.04. The minimum atomic E-state index is 0.704. The summed E-state index contributed by atoms with van der Waals surface area (Å²) in [7, 11) is 0. The van der Waals surface area contributed by atoms with Crippen molar-refractivity contribution in [3.8, 4) is 5.69 Å². The van der Waals surface area contributed by atoms with E-state index in [0.717, 1.165) is 16.7 Å². The normalized spacial score (nSPS) is 15.5. The van der Waals surface area contributed by atoms with Gasteiger partial charge in [-0.1, -0.05) is 0 Å². The van der Waals surface area contributed by atoms with Crippen LogP contribution in [0.15, 0.2) is 36.8 Å². The van der Waals surface area contributed by atoms with E-state index in [2.05, 4.69) is 33.3 Å². The van der Waals surface area contributed by atoms with Gasteiger partial charge in [-0.3, -0.25) is 0 Å². The van der Waals surface area contributed by atoms with Crippen LogP contribution in [0, 0.1) is 0 Å². The summed E-state index contributed by atoms with van der Waals surface area (Å²) >= 11 is 0. The highest BCUT2D eigenvalue weighted by molar-refractivity contribution is 5.76. The van der Waals surface area contributed by atoms with Crippen LogP contribution in [-0.4, -0.2) is 19.7 Å². The molecule has 0 spiro atoms. The molecule has 1 aliphatic rings. The Morgan fingerprint density at radius 1 is 1.24 bits per heavy atom. The van der Waals surface area contributed by atoms with E-state index in [-0.39, 0.29) is 0 Å². The van der Waals surface area contributed by atoms with E-state index in [1.54, 1.807) is 6.33 Å². The van der Waals surface area contributed by atoms with Gasteiger partial charge >= 0.3 is 0 Å². The van der Waals surface area contributed by atoms with Crippen LogP contribution in [0.25, 0.3) is 16.7 Å². The molecule has 1 aliphatic carbocycles.